The molecule has 1 unspecified atom stereocenters. The first-order valence-electron chi connectivity index (χ1n) is 7.57. The molecular weight excluding hydrogens is 352 g/mol. The van der Waals surface area contributed by atoms with Gasteiger partial charge in [-0.05, 0) is 43.0 Å². The van der Waals surface area contributed by atoms with Gasteiger partial charge in [-0.25, -0.2) is 8.42 Å². The third-order valence-corrected chi connectivity index (χ3v) is 6.52. The maximum Gasteiger partial charge on any atom is 0.179 e. The number of hydrogen-bond acceptors (Lipinski definition) is 3. The quantitative estimate of drug-likeness (QED) is 0.700. The molecule has 1 saturated carbocycles. The highest BCUT2D eigenvalue weighted by atomic mass is 79.9. The number of halogens is 1. The Hall–Kier alpha value is -0.550. The van der Waals surface area contributed by atoms with Gasteiger partial charge in [-0.3, -0.25) is 0 Å². The van der Waals surface area contributed by atoms with Gasteiger partial charge in [0.15, 0.2) is 9.84 Å². The van der Waals surface area contributed by atoms with E-state index < -0.39 is 9.84 Å². The van der Waals surface area contributed by atoms with Gasteiger partial charge in [0.1, 0.15) is 5.75 Å². The molecule has 0 radical (unpaired) electrons. The molecule has 0 saturated heterocycles. The Labute approximate surface area is 136 Å². The molecule has 1 atom stereocenters. The van der Waals surface area contributed by atoms with E-state index in [1.165, 1.54) is 32.1 Å². The summed E-state index contributed by atoms with van der Waals surface area (Å²) in [5.41, 5.74) is 0. The molecule has 1 fully saturated rings. The van der Waals surface area contributed by atoms with Crippen LogP contribution in [0.25, 0.3) is 0 Å². The fraction of sp³-hybridized carbons (Fsp3) is 0.625. The Balaban J connectivity index is 1.92. The van der Waals surface area contributed by atoms with Gasteiger partial charge in [0.25, 0.3) is 0 Å². The van der Waals surface area contributed by atoms with Crippen molar-refractivity contribution in [1.29, 1.82) is 0 Å². The summed E-state index contributed by atoms with van der Waals surface area (Å²) in [6, 6.07) is 6.80. The average Bonchev–Trinajstić information content (AvgIpc) is 2.45. The van der Waals surface area contributed by atoms with Gasteiger partial charge in [0, 0.05) is 4.83 Å². The molecule has 1 aromatic carbocycles. The molecule has 3 nitrogen and oxygen atoms in total. The van der Waals surface area contributed by atoms with E-state index in [1.807, 2.05) is 6.92 Å². The summed E-state index contributed by atoms with van der Waals surface area (Å²) in [5, 5.41) is 0. The van der Waals surface area contributed by atoms with Crippen LogP contribution in [-0.4, -0.2) is 25.6 Å². The van der Waals surface area contributed by atoms with Gasteiger partial charge in [-0.1, -0.05) is 42.1 Å². The van der Waals surface area contributed by atoms with Crippen LogP contribution in [0, 0.1) is 5.92 Å². The van der Waals surface area contributed by atoms with Crippen LogP contribution in [0.3, 0.4) is 0 Å². The first kappa shape index (κ1) is 16.8. The van der Waals surface area contributed by atoms with E-state index in [9.17, 15) is 8.42 Å². The van der Waals surface area contributed by atoms with Crippen LogP contribution in [0.4, 0.5) is 0 Å². The van der Waals surface area contributed by atoms with Crippen LogP contribution in [0.2, 0.25) is 0 Å². The van der Waals surface area contributed by atoms with Crippen molar-refractivity contribution in [2.45, 2.75) is 48.8 Å². The number of rotatable bonds is 6. The van der Waals surface area contributed by atoms with Crippen molar-refractivity contribution in [2.75, 3.05) is 12.4 Å². The summed E-state index contributed by atoms with van der Waals surface area (Å²) >= 11 is 3.29. The van der Waals surface area contributed by atoms with Gasteiger partial charge in [0.2, 0.25) is 0 Å². The van der Waals surface area contributed by atoms with Crippen molar-refractivity contribution in [1.82, 2.24) is 0 Å². The first-order chi connectivity index (χ1) is 9.97. The molecule has 21 heavy (non-hydrogen) atoms. The number of benzene rings is 1. The Morgan fingerprint density at radius 3 is 2.38 bits per heavy atom. The minimum absolute atomic E-state index is 0.0512. The molecule has 1 aromatic rings. The molecule has 0 amide bonds. The largest absolute Gasteiger partial charge is 0.493 e. The zero-order chi connectivity index (χ0) is 15.3. The topological polar surface area (TPSA) is 43.4 Å². The highest BCUT2D eigenvalue weighted by Gasteiger charge is 2.17. The van der Waals surface area contributed by atoms with Crippen LogP contribution in [0.1, 0.15) is 39.0 Å². The van der Waals surface area contributed by atoms with E-state index in [0.29, 0.717) is 10.8 Å². The first-order valence-corrected chi connectivity index (χ1v) is 10.1. The van der Waals surface area contributed by atoms with Crippen molar-refractivity contribution in [3.05, 3.63) is 24.3 Å². The normalized spacial score (nSPS) is 18.4. The van der Waals surface area contributed by atoms with Crippen LogP contribution in [-0.2, 0) is 9.84 Å². The molecule has 0 aromatic heterocycles. The lowest BCUT2D eigenvalue weighted by atomic mass is 9.90. The van der Waals surface area contributed by atoms with Gasteiger partial charge < -0.3 is 4.74 Å². The second-order valence-corrected chi connectivity index (χ2v) is 9.45. The number of hydrogen-bond donors (Lipinski definition) is 0. The molecule has 5 heteroatoms. The smallest absolute Gasteiger partial charge is 0.179 e. The predicted molar refractivity (Wildman–Crippen MR) is 89.0 cm³/mol. The zero-order valence-corrected chi connectivity index (χ0v) is 14.8. The van der Waals surface area contributed by atoms with Gasteiger partial charge in [-0.15, -0.1) is 0 Å². The van der Waals surface area contributed by atoms with E-state index >= 15 is 0 Å². The molecule has 118 valence electrons. The second kappa shape index (κ2) is 7.63. The minimum atomic E-state index is -3.21. The SMILES string of the molecule is CC(Br)CS(=O)(=O)c1ccc(OCC2CCCCC2)cc1. The van der Waals surface area contributed by atoms with Crippen LogP contribution >= 0.6 is 15.9 Å². The lowest BCUT2D eigenvalue weighted by molar-refractivity contribution is 0.209. The molecular formula is C16H23BrO3S. The summed E-state index contributed by atoms with van der Waals surface area (Å²) in [5.74, 6) is 1.51. The molecule has 0 N–H and O–H groups in total. The van der Waals surface area contributed by atoms with Gasteiger partial charge in [-0.2, -0.15) is 0 Å². The molecule has 1 aliphatic rings. The maximum absolute atomic E-state index is 12.1. The number of ether oxygens (including phenoxy) is 1. The minimum Gasteiger partial charge on any atom is -0.493 e. The van der Waals surface area contributed by atoms with Crippen molar-refractivity contribution in [3.8, 4) is 5.75 Å². The predicted octanol–water partition coefficient (Wildman–Crippen LogP) is 4.20. The highest BCUT2D eigenvalue weighted by molar-refractivity contribution is 9.09. The van der Waals surface area contributed by atoms with Crippen LogP contribution in [0.15, 0.2) is 29.2 Å². The van der Waals surface area contributed by atoms with E-state index in [-0.39, 0.29) is 10.6 Å². The number of alkyl halides is 1. The van der Waals surface area contributed by atoms with Crippen LogP contribution < -0.4 is 4.74 Å². The summed E-state index contributed by atoms with van der Waals surface area (Å²) in [6.45, 7) is 2.57. The van der Waals surface area contributed by atoms with Crippen molar-refractivity contribution < 1.29 is 13.2 Å². The summed E-state index contributed by atoms with van der Waals surface area (Å²) in [7, 11) is -3.21. The second-order valence-electron chi connectivity index (χ2n) is 5.85. The van der Waals surface area contributed by atoms with E-state index in [4.69, 9.17) is 4.74 Å². The van der Waals surface area contributed by atoms with Crippen molar-refractivity contribution >= 4 is 25.8 Å². The molecule has 0 aliphatic heterocycles. The standard InChI is InChI=1S/C16H23BrO3S/c1-13(17)12-21(18,19)16-9-7-15(8-10-16)20-11-14-5-3-2-4-6-14/h7-10,13-14H,2-6,11-12H2,1H3. The third-order valence-electron chi connectivity index (χ3n) is 3.84. The Bertz CT molecular complexity index is 531. The fourth-order valence-corrected chi connectivity index (χ4v) is 5.10. The monoisotopic (exact) mass is 374 g/mol. The van der Waals surface area contributed by atoms with Crippen molar-refractivity contribution in [3.63, 3.8) is 0 Å². The Morgan fingerprint density at radius 2 is 1.81 bits per heavy atom. The van der Waals surface area contributed by atoms with Gasteiger partial charge in [0.05, 0.1) is 17.3 Å². The zero-order valence-electron chi connectivity index (χ0n) is 12.4. The molecule has 0 heterocycles. The van der Waals surface area contributed by atoms with Crippen molar-refractivity contribution in [2.24, 2.45) is 5.92 Å². The van der Waals surface area contributed by atoms with E-state index in [1.54, 1.807) is 24.3 Å². The molecule has 0 bridgehead atoms. The third kappa shape index (κ3) is 5.29. The van der Waals surface area contributed by atoms with E-state index in [0.717, 1.165) is 12.4 Å². The average molecular weight is 375 g/mol. The molecule has 1 aliphatic carbocycles. The highest BCUT2D eigenvalue weighted by Crippen LogP contribution is 2.25. The lowest BCUT2D eigenvalue weighted by Gasteiger charge is -2.21. The lowest BCUT2D eigenvalue weighted by Crippen LogP contribution is -2.15. The molecule has 0 spiro atoms. The Morgan fingerprint density at radius 1 is 1.19 bits per heavy atom. The summed E-state index contributed by atoms with van der Waals surface area (Å²) < 4.78 is 30.0. The molecule has 2 rings (SSSR count). The number of sulfone groups is 1. The van der Waals surface area contributed by atoms with E-state index in [2.05, 4.69) is 15.9 Å². The Kier molecular flexibility index (Phi) is 6.11. The summed E-state index contributed by atoms with van der Waals surface area (Å²) in [6.07, 6.45) is 6.44. The summed E-state index contributed by atoms with van der Waals surface area (Å²) in [4.78, 5) is 0.309. The van der Waals surface area contributed by atoms with Crippen LogP contribution in [0.5, 0.6) is 5.75 Å². The van der Waals surface area contributed by atoms with Gasteiger partial charge >= 0.3 is 0 Å². The maximum atomic E-state index is 12.1. The fourth-order valence-electron chi connectivity index (χ4n) is 2.71.